The first kappa shape index (κ1) is 24.7. The number of ether oxygens (including phenoxy) is 1. The summed E-state index contributed by atoms with van der Waals surface area (Å²) in [4.78, 5) is 16.7. The average molecular weight is 515 g/mol. The smallest absolute Gasteiger partial charge is 0.251 e. The van der Waals surface area contributed by atoms with E-state index in [4.69, 9.17) is 4.74 Å². The van der Waals surface area contributed by atoms with Gasteiger partial charge in [-0.15, -0.1) is 34.2 Å². The third kappa shape index (κ3) is 8.26. The van der Waals surface area contributed by atoms with Crippen LogP contribution in [0.1, 0.15) is 30.0 Å². The predicted molar refractivity (Wildman–Crippen MR) is 124 cm³/mol. The molecule has 0 atom stereocenters. The van der Waals surface area contributed by atoms with Crippen LogP contribution >= 0.6 is 24.0 Å². The highest BCUT2D eigenvalue weighted by Gasteiger charge is 2.06. The lowest BCUT2D eigenvalue weighted by molar-refractivity contribution is 0.0954. The Morgan fingerprint density at radius 1 is 1.21 bits per heavy atom. The first-order chi connectivity index (χ1) is 13.7. The lowest BCUT2D eigenvalue weighted by Crippen LogP contribution is -2.39. The Morgan fingerprint density at radius 2 is 2.03 bits per heavy atom. The van der Waals surface area contributed by atoms with Crippen LogP contribution in [0.15, 0.2) is 35.6 Å². The number of hydrogen-bond acceptors (Lipinski definition) is 5. The zero-order valence-corrected chi connectivity index (χ0v) is 19.5. The van der Waals surface area contributed by atoms with Crippen molar-refractivity contribution >= 4 is 35.8 Å². The van der Waals surface area contributed by atoms with Crippen LogP contribution in [0, 0.1) is 0 Å². The van der Waals surface area contributed by atoms with Crippen molar-refractivity contribution in [3.63, 3.8) is 0 Å². The highest BCUT2D eigenvalue weighted by Crippen LogP contribution is 2.12. The highest BCUT2D eigenvalue weighted by molar-refractivity contribution is 14.0. The molecule has 0 spiro atoms. The van der Waals surface area contributed by atoms with Crippen LogP contribution in [0.3, 0.4) is 0 Å². The maximum Gasteiger partial charge on any atom is 0.251 e. The molecule has 3 N–H and O–H groups in total. The molecule has 0 aliphatic carbocycles. The van der Waals surface area contributed by atoms with Gasteiger partial charge >= 0.3 is 0 Å². The van der Waals surface area contributed by atoms with E-state index in [-0.39, 0.29) is 29.9 Å². The molecular weight excluding hydrogens is 485 g/mol. The maximum absolute atomic E-state index is 12.2. The fourth-order valence-electron chi connectivity index (χ4n) is 2.58. The van der Waals surface area contributed by atoms with Crippen molar-refractivity contribution in [2.24, 2.45) is 4.99 Å². The number of amides is 1. The molecule has 1 amide bonds. The molecule has 29 heavy (non-hydrogen) atoms. The molecule has 0 fully saturated rings. The lowest BCUT2D eigenvalue weighted by atomic mass is 10.2. The Hall–Kier alpha value is -2.37. The fourth-order valence-corrected chi connectivity index (χ4v) is 2.58. The Morgan fingerprint density at radius 3 is 2.76 bits per heavy atom. The Bertz CT molecular complexity index is 779. The molecule has 10 heteroatoms. The summed E-state index contributed by atoms with van der Waals surface area (Å²) in [5, 5.41) is 17.3. The minimum Gasteiger partial charge on any atom is -0.497 e. The molecule has 0 saturated carbocycles. The largest absolute Gasteiger partial charge is 0.497 e. The van der Waals surface area contributed by atoms with E-state index in [0.29, 0.717) is 36.9 Å². The standard InChI is InChI=1S/C19H29N7O2.HI/c1-4-17-25-24-14-26(17)12-11-23-19(20-5-2)22-10-9-21-18(27)15-7-6-8-16(13-15)28-3;/h6-8,13-14H,4-5,9-12H2,1-3H3,(H,21,27)(H2,20,22,23);1H. The van der Waals surface area contributed by atoms with Crippen LogP contribution in [0.2, 0.25) is 0 Å². The van der Waals surface area contributed by atoms with Gasteiger partial charge in [0.05, 0.1) is 13.7 Å². The van der Waals surface area contributed by atoms with E-state index in [0.717, 1.165) is 25.3 Å². The number of guanidine groups is 1. The zero-order valence-electron chi connectivity index (χ0n) is 17.1. The third-order valence-electron chi connectivity index (χ3n) is 4.00. The van der Waals surface area contributed by atoms with E-state index < -0.39 is 0 Å². The van der Waals surface area contributed by atoms with Crippen molar-refractivity contribution in [2.75, 3.05) is 33.3 Å². The van der Waals surface area contributed by atoms with E-state index in [1.807, 2.05) is 11.5 Å². The van der Waals surface area contributed by atoms with E-state index in [1.165, 1.54) is 0 Å². The first-order valence-electron chi connectivity index (χ1n) is 9.49. The summed E-state index contributed by atoms with van der Waals surface area (Å²) in [6, 6.07) is 7.06. The molecule has 1 aromatic carbocycles. The summed E-state index contributed by atoms with van der Waals surface area (Å²) in [6.45, 7) is 7.20. The van der Waals surface area contributed by atoms with Gasteiger partial charge in [-0.3, -0.25) is 9.79 Å². The van der Waals surface area contributed by atoms with Crippen LogP contribution < -0.4 is 20.7 Å². The topological polar surface area (TPSA) is 105 Å². The highest BCUT2D eigenvalue weighted by atomic mass is 127. The lowest BCUT2D eigenvalue weighted by Gasteiger charge is -2.12. The van der Waals surface area contributed by atoms with Crippen molar-refractivity contribution in [3.05, 3.63) is 42.0 Å². The third-order valence-corrected chi connectivity index (χ3v) is 4.00. The Balaban J connectivity index is 0.00000420. The molecule has 1 aromatic heterocycles. The number of hydrogen-bond donors (Lipinski definition) is 3. The molecule has 0 radical (unpaired) electrons. The molecule has 1 heterocycles. The number of halogens is 1. The Labute approximate surface area is 188 Å². The van der Waals surface area contributed by atoms with Crippen LogP contribution in [-0.2, 0) is 13.0 Å². The van der Waals surface area contributed by atoms with E-state index in [9.17, 15) is 4.79 Å². The van der Waals surface area contributed by atoms with Gasteiger partial charge in [0.25, 0.3) is 5.91 Å². The summed E-state index contributed by atoms with van der Waals surface area (Å²) in [6.07, 6.45) is 2.58. The summed E-state index contributed by atoms with van der Waals surface area (Å²) < 4.78 is 7.16. The molecule has 0 unspecified atom stereocenters. The molecule has 0 bridgehead atoms. The number of carbonyl (C=O) groups excluding carboxylic acids is 1. The normalized spacial score (nSPS) is 10.8. The van der Waals surface area contributed by atoms with Gasteiger partial charge in [0.1, 0.15) is 17.9 Å². The maximum atomic E-state index is 12.2. The SMILES string of the molecule is CCNC(=NCCNC(=O)c1cccc(OC)c1)NCCn1cnnc1CC.I. The average Bonchev–Trinajstić information content (AvgIpc) is 3.18. The Kier molecular flexibility index (Phi) is 11.7. The molecule has 160 valence electrons. The van der Waals surface area contributed by atoms with Crippen molar-refractivity contribution in [1.82, 2.24) is 30.7 Å². The van der Waals surface area contributed by atoms with Gasteiger partial charge in [-0.1, -0.05) is 13.0 Å². The van der Waals surface area contributed by atoms with Crippen molar-refractivity contribution in [2.45, 2.75) is 26.8 Å². The zero-order chi connectivity index (χ0) is 20.2. The number of nitrogens with zero attached hydrogens (tertiary/aromatic N) is 4. The summed E-state index contributed by atoms with van der Waals surface area (Å²) in [7, 11) is 1.58. The van der Waals surface area contributed by atoms with Crippen LogP contribution in [0.5, 0.6) is 5.75 Å². The minimum absolute atomic E-state index is 0. The summed E-state index contributed by atoms with van der Waals surface area (Å²) in [5.41, 5.74) is 0.564. The van der Waals surface area contributed by atoms with Crippen molar-refractivity contribution < 1.29 is 9.53 Å². The van der Waals surface area contributed by atoms with Gasteiger partial charge in [0, 0.05) is 38.2 Å². The van der Waals surface area contributed by atoms with E-state index in [1.54, 1.807) is 37.7 Å². The molecule has 2 rings (SSSR count). The number of aliphatic imine (C=N–C) groups is 1. The second kappa shape index (κ2) is 13.7. The number of benzene rings is 1. The predicted octanol–water partition coefficient (Wildman–Crippen LogP) is 1.45. The number of methoxy groups -OCH3 is 1. The van der Waals surface area contributed by atoms with Gasteiger partial charge in [-0.05, 0) is 25.1 Å². The minimum atomic E-state index is -0.147. The molecule has 0 saturated heterocycles. The van der Waals surface area contributed by atoms with Crippen molar-refractivity contribution in [1.29, 1.82) is 0 Å². The van der Waals surface area contributed by atoms with Gasteiger partial charge in [0.15, 0.2) is 5.96 Å². The molecular formula is C19H30IN7O2. The number of aromatic nitrogens is 3. The first-order valence-corrected chi connectivity index (χ1v) is 9.49. The van der Waals surface area contributed by atoms with Crippen LogP contribution in [0.25, 0.3) is 0 Å². The number of nitrogens with one attached hydrogen (secondary N) is 3. The molecule has 2 aromatic rings. The number of aryl methyl sites for hydroxylation is 1. The number of carbonyl (C=O) groups is 1. The van der Waals surface area contributed by atoms with Gasteiger partial charge in [-0.2, -0.15) is 0 Å². The summed E-state index contributed by atoms with van der Waals surface area (Å²) >= 11 is 0. The second-order valence-corrected chi connectivity index (χ2v) is 5.97. The van der Waals surface area contributed by atoms with Gasteiger partial charge < -0.3 is 25.3 Å². The van der Waals surface area contributed by atoms with Crippen LogP contribution in [0.4, 0.5) is 0 Å². The van der Waals surface area contributed by atoms with Gasteiger partial charge in [-0.25, -0.2) is 0 Å². The second-order valence-electron chi connectivity index (χ2n) is 5.97. The summed E-state index contributed by atoms with van der Waals surface area (Å²) in [5.74, 6) is 2.18. The fraction of sp³-hybridized carbons (Fsp3) is 0.474. The molecule has 0 aliphatic rings. The number of rotatable bonds is 10. The van der Waals surface area contributed by atoms with E-state index >= 15 is 0 Å². The quantitative estimate of drug-likeness (QED) is 0.192. The van der Waals surface area contributed by atoms with Crippen molar-refractivity contribution in [3.8, 4) is 5.75 Å². The molecule has 9 nitrogen and oxygen atoms in total. The monoisotopic (exact) mass is 515 g/mol. The van der Waals surface area contributed by atoms with E-state index in [2.05, 4.69) is 38.1 Å². The van der Waals surface area contributed by atoms with Crippen LogP contribution in [-0.4, -0.2) is 59.9 Å². The molecule has 0 aliphatic heterocycles. The van der Waals surface area contributed by atoms with Gasteiger partial charge in [0.2, 0.25) is 0 Å².